The number of nitrogens with zero attached hydrogens (tertiary/aromatic N) is 2. The van der Waals surface area contributed by atoms with E-state index < -0.39 is 10.0 Å². The van der Waals surface area contributed by atoms with E-state index in [1.54, 1.807) is 19.1 Å². The number of aryl methyl sites for hydroxylation is 2. The van der Waals surface area contributed by atoms with E-state index in [4.69, 9.17) is 11.6 Å². The van der Waals surface area contributed by atoms with Crippen LogP contribution in [0.15, 0.2) is 29.2 Å². The fourth-order valence-corrected chi connectivity index (χ4v) is 3.43. The van der Waals surface area contributed by atoms with Crippen molar-refractivity contribution in [3.8, 4) is 0 Å². The SMILES string of the molecule is CCNc1cc(NCCNS(=O)(=O)c2ccc(C)c(Cl)c2)nc(C)n1. The molecular formula is C16H22ClN5O2S. The number of rotatable bonds is 8. The summed E-state index contributed by atoms with van der Waals surface area (Å²) in [5, 5.41) is 6.63. The van der Waals surface area contributed by atoms with Crippen molar-refractivity contribution < 1.29 is 8.42 Å². The first-order valence-electron chi connectivity index (χ1n) is 7.91. The summed E-state index contributed by atoms with van der Waals surface area (Å²) >= 11 is 5.99. The van der Waals surface area contributed by atoms with Gasteiger partial charge in [0.05, 0.1) is 4.90 Å². The number of nitrogens with one attached hydrogen (secondary N) is 3. The molecule has 2 aromatic rings. The third-order valence-corrected chi connectivity index (χ3v) is 5.24. The lowest BCUT2D eigenvalue weighted by atomic mass is 10.2. The lowest BCUT2D eigenvalue weighted by molar-refractivity contribution is 0.583. The van der Waals surface area contributed by atoms with Crippen molar-refractivity contribution in [1.82, 2.24) is 14.7 Å². The molecule has 0 saturated carbocycles. The molecule has 0 aliphatic heterocycles. The molecule has 0 spiro atoms. The van der Waals surface area contributed by atoms with Crippen LogP contribution in [0.25, 0.3) is 0 Å². The molecule has 136 valence electrons. The molecule has 0 aliphatic carbocycles. The summed E-state index contributed by atoms with van der Waals surface area (Å²) < 4.78 is 27.1. The van der Waals surface area contributed by atoms with E-state index in [1.807, 2.05) is 13.8 Å². The molecule has 0 amide bonds. The zero-order valence-corrected chi connectivity index (χ0v) is 16.0. The molecule has 9 heteroatoms. The minimum atomic E-state index is -3.60. The van der Waals surface area contributed by atoms with Crippen molar-refractivity contribution in [1.29, 1.82) is 0 Å². The monoisotopic (exact) mass is 383 g/mol. The van der Waals surface area contributed by atoms with Crippen LogP contribution in [0.5, 0.6) is 0 Å². The minimum Gasteiger partial charge on any atom is -0.370 e. The van der Waals surface area contributed by atoms with E-state index in [-0.39, 0.29) is 11.4 Å². The molecule has 2 rings (SSSR count). The maximum Gasteiger partial charge on any atom is 0.240 e. The number of benzene rings is 1. The third-order valence-electron chi connectivity index (χ3n) is 3.37. The van der Waals surface area contributed by atoms with E-state index in [1.165, 1.54) is 12.1 Å². The highest BCUT2D eigenvalue weighted by molar-refractivity contribution is 7.89. The predicted molar refractivity (Wildman–Crippen MR) is 101 cm³/mol. The first-order valence-corrected chi connectivity index (χ1v) is 9.77. The lowest BCUT2D eigenvalue weighted by Gasteiger charge is -2.11. The number of sulfonamides is 1. The van der Waals surface area contributed by atoms with Gasteiger partial charge in [-0.25, -0.2) is 23.1 Å². The maximum absolute atomic E-state index is 12.3. The van der Waals surface area contributed by atoms with Crippen LogP contribution in [-0.2, 0) is 10.0 Å². The van der Waals surface area contributed by atoms with Crippen LogP contribution >= 0.6 is 11.6 Å². The fraction of sp³-hybridized carbons (Fsp3) is 0.375. The summed E-state index contributed by atoms with van der Waals surface area (Å²) in [7, 11) is -3.60. The Morgan fingerprint density at radius 2 is 1.72 bits per heavy atom. The molecule has 0 atom stereocenters. The van der Waals surface area contributed by atoms with Crippen molar-refractivity contribution in [3.63, 3.8) is 0 Å². The van der Waals surface area contributed by atoms with Crippen molar-refractivity contribution in [2.75, 3.05) is 30.3 Å². The Hall–Kier alpha value is -1.90. The van der Waals surface area contributed by atoms with Gasteiger partial charge in [0, 0.05) is 30.7 Å². The van der Waals surface area contributed by atoms with Crippen LogP contribution in [0.1, 0.15) is 18.3 Å². The number of aromatic nitrogens is 2. The summed E-state index contributed by atoms with van der Waals surface area (Å²) in [5.41, 5.74) is 0.831. The average molecular weight is 384 g/mol. The van der Waals surface area contributed by atoms with Crippen LogP contribution in [0.2, 0.25) is 5.02 Å². The van der Waals surface area contributed by atoms with Crippen molar-refractivity contribution in [2.24, 2.45) is 0 Å². The number of hydrogen-bond donors (Lipinski definition) is 3. The molecule has 3 N–H and O–H groups in total. The van der Waals surface area contributed by atoms with Gasteiger partial charge in [0.1, 0.15) is 17.5 Å². The summed E-state index contributed by atoms with van der Waals surface area (Å²) in [6.45, 7) is 6.97. The van der Waals surface area contributed by atoms with Gasteiger partial charge >= 0.3 is 0 Å². The number of hydrogen-bond acceptors (Lipinski definition) is 6. The van der Waals surface area contributed by atoms with Gasteiger partial charge in [0.15, 0.2) is 0 Å². The smallest absolute Gasteiger partial charge is 0.240 e. The van der Waals surface area contributed by atoms with Gasteiger partial charge < -0.3 is 10.6 Å². The molecule has 25 heavy (non-hydrogen) atoms. The zero-order chi connectivity index (χ0) is 18.4. The second-order valence-corrected chi connectivity index (χ2v) is 7.63. The van der Waals surface area contributed by atoms with E-state index in [2.05, 4.69) is 25.3 Å². The Morgan fingerprint density at radius 3 is 2.36 bits per heavy atom. The highest BCUT2D eigenvalue weighted by Gasteiger charge is 2.14. The van der Waals surface area contributed by atoms with E-state index in [0.717, 1.165) is 17.9 Å². The molecular weight excluding hydrogens is 362 g/mol. The van der Waals surface area contributed by atoms with E-state index in [9.17, 15) is 8.42 Å². The van der Waals surface area contributed by atoms with Crippen molar-refractivity contribution in [3.05, 3.63) is 40.7 Å². The maximum atomic E-state index is 12.3. The Bertz CT molecular complexity index is 842. The molecule has 0 radical (unpaired) electrons. The van der Waals surface area contributed by atoms with Gasteiger partial charge in [0.2, 0.25) is 10.0 Å². The highest BCUT2D eigenvalue weighted by Crippen LogP contribution is 2.19. The van der Waals surface area contributed by atoms with Crippen LogP contribution in [0, 0.1) is 13.8 Å². The molecule has 0 fully saturated rings. The summed E-state index contributed by atoms with van der Waals surface area (Å²) in [6, 6.07) is 6.45. The van der Waals surface area contributed by atoms with Crippen LogP contribution < -0.4 is 15.4 Å². The Labute approximate surface area is 153 Å². The lowest BCUT2D eigenvalue weighted by Crippen LogP contribution is -2.29. The van der Waals surface area contributed by atoms with Crippen LogP contribution in [0.4, 0.5) is 11.6 Å². The first kappa shape index (κ1) is 19.4. The molecule has 1 aromatic heterocycles. The van der Waals surface area contributed by atoms with Gasteiger partial charge in [-0.15, -0.1) is 0 Å². The molecule has 7 nitrogen and oxygen atoms in total. The van der Waals surface area contributed by atoms with Crippen molar-refractivity contribution >= 4 is 33.3 Å². The average Bonchev–Trinajstić information content (AvgIpc) is 2.54. The third kappa shape index (κ3) is 5.55. The zero-order valence-electron chi connectivity index (χ0n) is 14.4. The highest BCUT2D eigenvalue weighted by atomic mass is 35.5. The molecule has 0 saturated heterocycles. The van der Waals surface area contributed by atoms with Gasteiger partial charge in [-0.05, 0) is 38.5 Å². The number of anilines is 2. The largest absolute Gasteiger partial charge is 0.370 e. The standard InChI is InChI=1S/C16H22ClN5O2S/c1-4-18-15-10-16(22-12(3)21-15)19-7-8-20-25(23,24)13-6-5-11(2)14(17)9-13/h5-6,9-10,20H,4,7-8H2,1-3H3,(H2,18,19,21,22). The molecule has 0 unspecified atom stereocenters. The van der Waals surface area contributed by atoms with Crippen molar-refractivity contribution in [2.45, 2.75) is 25.7 Å². The first-order chi connectivity index (χ1) is 11.8. The Kier molecular flexibility index (Phi) is 6.57. The van der Waals surface area contributed by atoms with Crippen LogP contribution in [-0.4, -0.2) is 38.0 Å². The minimum absolute atomic E-state index is 0.149. The molecule has 0 aliphatic rings. The second kappa shape index (κ2) is 8.46. The summed E-state index contributed by atoms with van der Waals surface area (Å²) in [4.78, 5) is 8.68. The number of halogens is 1. The normalized spacial score (nSPS) is 11.4. The van der Waals surface area contributed by atoms with Crippen LogP contribution in [0.3, 0.4) is 0 Å². The van der Waals surface area contributed by atoms with Gasteiger partial charge in [-0.3, -0.25) is 0 Å². The Morgan fingerprint density at radius 1 is 1.04 bits per heavy atom. The van der Waals surface area contributed by atoms with E-state index >= 15 is 0 Å². The van der Waals surface area contributed by atoms with E-state index in [0.29, 0.717) is 23.2 Å². The fourth-order valence-electron chi connectivity index (χ4n) is 2.13. The second-order valence-electron chi connectivity index (χ2n) is 5.45. The predicted octanol–water partition coefficient (Wildman–Crippen LogP) is 2.57. The van der Waals surface area contributed by atoms with Gasteiger partial charge in [-0.1, -0.05) is 17.7 Å². The Balaban J connectivity index is 1.93. The summed E-state index contributed by atoms with van der Waals surface area (Å²) in [5.74, 6) is 2.00. The molecule has 1 heterocycles. The quantitative estimate of drug-likeness (QED) is 0.606. The summed E-state index contributed by atoms with van der Waals surface area (Å²) in [6.07, 6.45) is 0. The molecule has 0 bridgehead atoms. The van der Waals surface area contributed by atoms with Gasteiger partial charge in [0.25, 0.3) is 0 Å². The topological polar surface area (TPSA) is 96.0 Å². The van der Waals surface area contributed by atoms with Gasteiger partial charge in [-0.2, -0.15) is 0 Å². The molecule has 1 aromatic carbocycles.